The van der Waals surface area contributed by atoms with Crippen molar-refractivity contribution < 1.29 is 0 Å². The Labute approximate surface area is 203 Å². The lowest BCUT2D eigenvalue weighted by Crippen LogP contribution is -2.30. The fraction of sp³-hybridized carbons (Fsp3) is 0.333. The van der Waals surface area contributed by atoms with Gasteiger partial charge in [-0.3, -0.25) is 0 Å². The molecule has 0 N–H and O–H groups in total. The van der Waals surface area contributed by atoms with E-state index in [2.05, 4.69) is 62.4 Å². The highest BCUT2D eigenvalue weighted by Crippen LogP contribution is 2.46. The lowest BCUT2D eigenvalue weighted by atomic mass is 9.66. The fourth-order valence-electron chi connectivity index (χ4n) is 4.32. The summed E-state index contributed by atoms with van der Waals surface area (Å²) in [5, 5.41) is 2.35. The third-order valence-electron chi connectivity index (χ3n) is 6.40. The summed E-state index contributed by atoms with van der Waals surface area (Å²) in [4.78, 5) is 0. The van der Waals surface area contributed by atoms with Crippen LogP contribution in [0.3, 0.4) is 0 Å². The first-order chi connectivity index (χ1) is 14.8. The summed E-state index contributed by atoms with van der Waals surface area (Å²) in [5.74, 6) is 0. The Morgan fingerprint density at radius 3 is 1.32 bits per heavy atom. The molecule has 0 aliphatic rings. The van der Waals surface area contributed by atoms with Gasteiger partial charge in [-0.05, 0) is 78.8 Å². The predicted octanol–water partition coefficient (Wildman–Crippen LogP) is 8.52. The van der Waals surface area contributed by atoms with Crippen LogP contribution in [0.25, 0.3) is 0 Å². The van der Waals surface area contributed by atoms with Gasteiger partial charge in [0.25, 0.3) is 0 Å². The molecule has 4 heteroatoms. The topological polar surface area (TPSA) is 0 Å². The highest BCUT2D eigenvalue weighted by molar-refractivity contribution is 6.32. The average molecular weight is 472 g/mol. The average Bonchev–Trinajstić information content (AvgIpc) is 2.75. The van der Waals surface area contributed by atoms with Crippen molar-refractivity contribution in [1.82, 2.24) is 0 Å². The molecule has 0 saturated carbocycles. The molecule has 3 aromatic rings. The van der Waals surface area contributed by atoms with E-state index in [9.17, 15) is 0 Å². The van der Waals surface area contributed by atoms with E-state index in [4.69, 9.17) is 34.8 Å². The molecule has 0 bridgehead atoms. The second-order valence-electron chi connectivity index (χ2n) is 8.61. The van der Waals surface area contributed by atoms with Gasteiger partial charge in [-0.1, -0.05) is 96.8 Å². The Kier molecular flexibility index (Phi) is 8.19. The second-order valence-corrected chi connectivity index (χ2v) is 9.83. The van der Waals surface area contributed by atoms with Gasteiger partial charge in [0, 0.05) is 20.5 Å². The zero-order chi connectivity index (χ0) is 22.6. The number of benzene rings is 3. The molecule has 162 valence electrons. The molecule has 0 heterocycles. The first-order valence-corrected chi connectivity index (χ1v) is 12.2. The minimum Gasteiger partial charge on any atom is -0.0840 e. The van der Waals surface area contributed by atoms with Crippen LogP contribution >= 0.6 is 34.8 Å². The third kappa shape index (κ3) is 5.16. The molecule has 0 aromatic heterocycles. The maximum absolute atomic E-state index is 6.64. The molecule has 0 fully saturated rings. The van der Waals surface area contributed by atoms with Crippen LogP contribution in [0.5, 0.6) is 0 Å². The Bertz CT molecular complexity index is 933. The number of hydrogen-bond donors (Lipinski definition) is 0. The number of rotatable bonds is 8. The normalized spacial score (nSPS) is 11.7. The van der Waals surface area contributed by atoms with Crippen LogP contribution in [0.1, 0.15) is 59.1 Å². The van der Waals surface area contributed by atoms with Crippen LogP contribution in [0.4, 0.5) is 0 Å². The number of hydrogen-bond acceptors (Lipinski definition) is 0. The predicted molar refractivity (Wildman–Crippen MR) is 140 cm³/mol. The van der Waals surface area contributed by atoms with Crippen LogP contribution in [-0.2, 0) is 5.41 Å². The van der Waals surface area contributed by atoms with Crippen molar-refractivity contribution in [1.29, 1.82) is 0 Å². The lowest BCUT2D eigenvalue weighted by Gasteiger charge is -2.37. The summed E-state index contributed by atoms with van der Waals surface area (Å²) in [6.45, 7) is 6.13. The minimum absolute atomic E-state index is 0.375. The van der Waals surface area contributed by atoms with E-state index in [1.807, 2.05) is 20.8 Å². The van der Waals surface area contributed by atoms with Crippen molar-refractivity contribution in [3.8, 4) is 0 Å². The zero-order valence-corrected chi connectivity index (χ0v) is 21.1. The van der Waals surface area contributed by atoms with Gasteiger partial charge in [0.05, 0.1) is 0 Å². The van der Waals surface area contributed by atoms with E-state index in [0.717, 1.165) is 44.6 Å². The summed E-state index contributed by atoms with van der Waals surface area (Å²) >= 11 is 19.9. The monoisotopic (exact) mass is 470 g/mol. The van der Waals surface area contributed by atoms with E-state index in [-0.39, 0.29) is 5.41 Å². The molecule has 0 amide bonds. The maximum atomic E-state index is 6.64. The molecule has 0 aliphatic carbocycles. The van der Waals surface area contributed by atoms with Crippen LogP contribution in [-0.4, -0.2) is 7.85 Å². The van der Waals surface area contributed by atoms with Gasteiger partial charge < -0.3 is 0 Å². The van der Waals surface area contributed by atoms with E-state index < -0.39 is 0 Å². The zero-order valence-electron chi connectivity index (χ0n) is 18.9. The van der Waals surface area contributed by atoms with Gasteiger partial charge in [0.1, 0.15) is 7.85 Å². The summed E-state index contributed by atoms with van der Waals surface area (Å²) < 4.78 is 0. The molecule has 0 aliphatic heterocycles. The first-order valence-electron chi connectivity index (χ1n) is 11.1. The van der Waals surface area contributed by atoms with Crippen LogP contribution in [0.2, 0.25) is 21.4 Å². The molecule has 0 nitrogen and oxygen atoms in total. The van der Waals surface area contributed by atoms with E-state index in [0.29, 0.717) is 0 Å². The maximum Gasteiger partial charge on any atom is 0.101 e. The van der Waals surface area contributed by atoms with Gasteiger partial charge in [-0.25, -0.2) is 0 Å². The van der Waals surface area contributed by atoms with Crippen molar-refractivity contribution in [2.75, 3.05) is 0 Å². The van der Waals surface area contributed by atoms with E-state index >= 15 is 0 Å². The molecule has 0 radical (unpaired) electrons. The lowest BCUT2D eigenvalue weighted by molar-refractivity contribution is 0.514. The van der Waals surface area contributed by atoms with Crippen molar-refractivity contribution in [2.45, 2.75) is 58.2 Å². The Hall–Kier alpha value is -1.41. The highest BCUT2D eigenvalue weighted by Gasteiger charge is 2.37. The smallest absolute Gasteiger partial charge is 0.0840 e. The summed E-state index contributed by atoms with van der Waals surface area (Å²) in [7, 11) is 2.24. The molecular weight excluding hydrogens is 441 g/mol. The largest absolute Gasteiger partial charge is 0.101 e. The van der Waals surface area contributed by atoms with Crippen LogP contribution < -0.4 is 0 Å². The van der Waals surface area contributed by atoms with E-state index in [1.165, 1.54) is 35.9 Å². The summed E-state index contributed by atoms with van der Waals surface area (Å²) in [5.41, 5.74) is 6.40. The molecule has 0 spiro atoms. The Morgan fingerprint density at radius 2 is 1.00 bits per heavy atom. The highest BCUT2D eigenvalue weighted by atomic mass is 35.5. The molecular formula is C27H30BCl3. The first kappa shape index (κ1) is 24.2. The van der Waals surface area contributed by atoms with Gasteiger partial charge in [-0.15, -0.1) is 0 Å². The molecule has 0 atom stereocenters. The van der Waals surface area contributed by atoms with Crippen molar-refractivity contribution in [2.24, 2.45) is 0 Å². The molecule has 3 rings (SSSR count). The van der Waals surface area contributed by atoms with Gasteiger partial charge in [-0.2, -0.15) is 0 Å². The molecule has 31 heavy (non-hydrogen) atoms. The Balaban J connectivity index is 2.31. The van der Waals surface area contributed by atoms with Crippen molar-refractivity contribution in [3.63, 3.8) is 0 Å². The van der Waals surface area contributed by atoms with Crippen LogP contribution in [0.15, 0.2) is 54.6 Å². The number of halogens is 3. The van der Waals surface area contributed by atoms with Crippen molar-refractivity contribution in [3.05, 3.63) is 103 Å². The van der Waals surface area contributed by atoms with Gasteiger partial charge >= 0.3 is 0 Å². The number of aryl methyl sites for hydroxylation is 3. The van der Waals surface area contributed by atoms with Crippen molar-refractivity contribution >= 4 is 42.6 Å². The standard InChI is InChI=1S/C27H30BCl3/c1-18-7-10-21(15-24(18)29)27(13-5-4-6-14-28,22-11-8-19(2)25(30)16-22)23-12-9-20(3)26(31)17-23/h7-12,15-17H,4-6,13-14,28H2,1-3H3. The van der Waals surface area contributed by atoms with Gasteiger partial charge in [0.2, 0.25) is 0 Å². The van der Waals surface area contributed by atoms with Crippen LogP contribution in [0, 0.1) is 20.8 Å². The van der Waals surface area contributed by atoms with Gasteiger partial charge in [0.15, 0.2) is 0 Å². The second kappa shape index (κ2) is 10.5. The molecule has 0 saturated heterocycles. The quantitative estimate of drug-likeness (QED) is 0.175. The SMILES string of the molecule is BCCCCCC(c1ccc(C)c(Cl)c1)(c1ccc(C)c(Cl)c1)c1ccc(C)c(Cl)c1. The molecule has 3 aromatic carbocycles. The minimum atomic E-state index is -0.375. The molecule has 0 unspecified atom stereocenters. The van der Waals surface area contributed by atoms with E-state index in [1.54, 1.807) is 0 Å². The fourth-order valence-corrected chi connectivity index (χ4v) is 4.87. The third-order valence-corrected chi connectivity index (χ3v) is 7.62. The summed E-state index contributed by atoms with van der Waals surface area (Å²) in [6, 6.07) is 19.3. The Morgan fingerprint density at radius 1 is 0.613 bits per heavy atom. The number of unbranched alkanes of at least 4 members (excludes halogenated alkanes) is 2. The summed E-state index contributed by atoms with van der Waals surface area (Å²) in [6.07, 6.45) is 5.70.